The van der Waals surface area contributed by atoms with Crippen molar-refractivity contribution in [3.05, 3.63) is 102 Å². The Bertz CT molecular complexity index is 940. The van der Waals surface area contributed by atoms with Crippen LogP contribution in [0.5, 0.6) is 5.75 Å². The Hall–Kier alpha value is -3.00. The molecule has 0 bridgehead atoms. The van der Waals surface area contributed by atoms with E-state index in [1.165, 1.54) is 27.6 Å². The van der Waals surface area contributed by atoms with Crippen molar-refractivity contribution in [2.45, 2.75) is 13.0 Å². The van der Waals surface area contributed by atoms with Gasteiger partial charge in [0.1, 0.15) is 12.4 Å². The van der Waals surface area contributed by atoms with Gasteiger partial charge in [0.05, 0.1) is 0 Å². The molecule has 0 fully saturated rings. The maximum Gasteiger partial charge on any atom is 0.123 e. The van der Waals surface area contributed by atoms with Crippen molar-refractivity contribution in [3.63, 3.8) is 0 Å². The molecule has 0 atom stereocenters. The fourth-order valence-electron chi connectivity index (χ4n) is 2.96. The van der Waals surface area contributed by atoms with Crippen LogP contribution in [0.4, 0.5) is 0 Å². The molecule has 4 aromatic rings. The van der Waals surface area contributed by atoms with Crippen molar-refractivity contribution < 1.29 is 4.74 Å². The molecule has 0 saturated carbocycles. The van der Waals surface area contributed by atoms with E-state index >= 15 is 0 Å². The van der Waals surface area contributed by atoms with Crippen molar-refractivity contribution in [2.24, 2.45) is 0 Å². The Kier molecular flexibility index (Phi) is 4.03. The van der Waals surface area contributed by atoms with Gasteiger partial charge in [0.2, 0.25) is 0 Å². The highest BCUT2D eigenvalue weighted by Gasteiger charge is 2.06. The second kappa shape index (κ2) is 6.63. The van der Waals surface area contributed by atoms with E-state index in [1.807, 2.05) is 36.5 Å². The molecule has 0 spiro atoms. The van der Waals surface area contributed by atoms with Crippen molar-refractivity contribution >= 4 is 10.9 Å². The number of aromatic nitrogens is 1. The number of hydrogen-bond donors (Lipinski definition) is 1. The zero-order valence-corrected chi connectivity index (χ0v) is 13.4. The summed E-state index contributed by atoms with van der Waals surface area (Å²) in [6.45, 7) is 0.592. The number of ether oxygens (including phenoxy) is 1. The molecule has 0 amide bonds. The van der Waals surface area contributed by atoms with Gasteiger partial charge in [-0.1, -0.05) is 54.6 Å². The lowest BCUT2D eigenvalue weighted by Crippen LogP contribution is -1.99. The van der Waals surface area contributed by atoms with Gasteiger partial charge in [-0.15, -0.1) is 0 Å². The van der Waals surface area contributed by atoms with E-state index in [2.05, 4.69) is 53.5 Å². The van der Waals surface area contributed by atoms with Gasteiger partial charge >= 0.3 is 0 Å². The zero-order valence-electron chi connectivity index (χ0n) is 13.4. The molecule has 24 heavy (non-hydrogen) atoms. The van der Waals surface area contributed by atoms with E-state index in [-0.39, 0.29) is 0 Å². The molecule has 1 N–H and O–H groups in total. The maximum atomic E-state index is 6.06. The lowest BCUT2D eigenvalue weighted by molar-refractivity contribution is 0.303. The average molecular weight is 313 g/mol. The normalized spacial score (nSPS) is 10.8. The highest BCUT2D eigenvalue weighted by Crippen LogP contribution is 2.24. The van der Waals surface area contributed by atoms with E-state index in [9.17, 15) is 0 Å². The van der Waals surface area contributed by atoms with Crippen molar-refractivity contribution in [2.75, 3.05) is 0 Å². The first-order chi connectivity index (χ1) is 11.9. The second-order valence-electron chi connectivity index (χ2n) is 5.96. The first-order valence-corrected chi connectivity index (χ1v) is 8.19. The van der Waals surface area contributed by atoms with Crippen LogP contribution in [0.3, 0.4) is 0 Å². The third-order valence-corrected chi connectivity index (χ3v) is 4.22. The van der Waals surface area contributed by atoms with Gasteiger partial charge in [0.25, 0.3) is 0 Å². The van der Waals surface area contributed by atoms with Crippen LogP contribution < -0.4 is 4.74 Å². The summed E-state index contributed by atoms with van der Waals surface area (Å²) in [4.78, 5) is 3.24. The lowest BCUT2D eigenvalue weighted by atomic mass is 10.0. The topological polar surface area (TPSA) is 25.0 Å². The van der Waals surface area contributed by atoms with Crippen LogP contribution in [0.15, 0.2) is 85.1 Å². The molecule has 1 heterocycles. The first-order valence-electron chi connectivity index (χ1n) is 8.19. The van der Waals surface area contributed by atoms with Gasteiger partial charge in [-0.3, -0.25) is 0 Å². The van der Waals surface area contributed by atoms with Gasteiger partial charge in [0, 0.05) is 18.1 Å². The number of para-hydroxylation sites is 1. The van der Waals surface area contributed by atoms with Crippen LogP contribution in [0.1, 0.15) is 16.7 Å². The van der Waals surface area contributed by atoms with Crippen LogP contribution in [0.2, 0.25) is 0 Å². The summed E-state index contributed by atoms with van der Waals surface area (Å²) >= 11 is 0. The molecule has 0 aliphatic rings. The number of aromatic amines is 1. The van der Waals surface area contributed by atoms with Gasteiger partial charge in [-0.2, -0.15) is 0 Å². The summed E-state index contributed by atoms with van der Waals surface area (Å²) in [5, 5.41) is 1.25. The molecular formula is C22H19NO. The fourth-order valence-corrected chi connectivity index (χ4v) is 2.96. The third kappa shape index (κ3) is 3.18. The van der Waals surface area contributed by atoms with E-state index < -0.39 is 0 Å². The summed E-state index contributed by atoms with van der Waals surface area (Å²) in [5.41, 5.74) is 4.86. The fraction of sp³-hybridized carbons (Fsp3) is 0.0909. The number of hydrogen-bond acceptors (Lipinski definition) is 1. The predicted molar refractivity (Wildman–Crippen MR) is 98.3 cm³/mol. The second-order valence-corrected chi connectivity index (χ2v) is 5.96. The van der Waals surface area contributed by atoms with E-state index in [0.29, 0.717) is 6.61 Å². The third-order valence-electron chi connectivity index (χ3n) is 4.22. The smallest absolute Gasteiger partial charge is 0.123 e. The monoisotopic (exact) mass is 313 g/mol. The molecule has 0 aliphatic carbocycles. The number of rotatable bonds is 5. The largest absolute Gasteiger partial charge is 0.489 e. The molecule has 0 aliphatic heterocycles. The molecule has 2 nitrogen and oxygen atoms in total. The van der Waals surface area contributed by atoms with Crippen LogP contribution in [-0.2, 0) is 13.0 Å². The summed E-state index contributed by atoms with van der Waals surface area (Å²) in [7, 11) is 0. The average Bonchev–Trinajstić information content (AvgIpc) is 3.10. The highest BCUT2D eigenvalue weighted by molar-refractivity contribution is 5.80. The lowest BCUT2D eigenvalue weighted by Gasteiger charge is -2.12. The number of H-pyrrole nitrogens is 1. The number of fused-ring (bicyclic) bond motifs is 1. The molecule has 0 radical (unpaired) electrons. The molecule has 2 heteroatoms. The van der Waals surface area contributed by atoms with Gasteiger partial charge in [-0.05, 0) is 46.3 Å². The maximum absolute atomic E-state index is 6.06. The Morgan fingerprint density at radius 2 is 1.58 bits per heavy atom. The zero-order chi connectivity index (χ0) is 16.2. The number of benzene rings is 3. The minimum Gasteiger partial charge on any atom is -0.489 e. The Balaban J connectivity index is 1.54. The molecule has 1 aromatic heterocycles. The van der Waals surface area contributed by atoms with Crippen LogP contribution in [-0.4, -0.2) is 4.98 Å². The first kappa shape index (κ1) is 14.6. The van der Waals surface area contributed by atoms with Crippen molar-refractivity contribution in [1.29, 1.82) is 0 Å². The SMILES string of the molecule is c1ccc(COc2ccccc2Cc2ccc3[nH]ccc3c2)cc1. The minimum absolute atomic E-state index is 0.592. The highest BCUT2D eigenvalue weighted by atomic mass is 16.5. The van der Waals surface area contributed by atoms with Gasteiger partial charge < -0.3 is 9.72 Å². The van der Waals surface area contributed by atoms with E-state index in [0.717, 1.165) is 12.2 Å². The van der Waals surface area contributed by atoms with Crippen molar-refractivity contribution in [1.82, 2.24) is 4.98 Å². The standard InChI is InChI=1S/C22H19NO/c1-2-6-17(7-3-1)16-24-22-9-5-4-8-20(22)15-18-10-11-21-19(14-18)12-13-23-21/h1-14,23H,15-16H2. The molecular weight excluding hydrogens is 294 g/mol. The Morgan fingerprint density at radius 1 is 0.750 bits per heavy atom. The number of nitrogens with one attached hydrogen (secondary N) is 1. The Morgan fingerprint density at radius 3 is 2.50 bits per heavy atom. The molecule has 0 saturated heterocycles. The Labute approximate surface area is 141 Å². The molecule has 0 unspecified atom stereocenters. The predicted octanol–water partition coefficient (Wildman–Crippen LogP) is 5.34. The minimum atomic E-state index is 0.592. The molecule has 3 aromatic carbocycles. The van der Waals surface area contributed by atoms with Crippen LogP contribution in [0.25, 0.3) is 10.9 Å². The van der Waals surface area contributed by atoms with Gasteiger partial charge in [-0.25, -0.2) is 0 Å². The molecule has 4 rings (SSSR count). The summed E-state index contributed by atoms with van der Waals surface area (Å²) in [5.74, 6) is 0.954. The summed E-state index contributed by atoms with van der Waals surface area (Å²) in [6, 6.07) is 27.2. The van der Waals surface area contributed by atoms with Crippen LogP contribution >= 0.6 is 0 Å². The summed E-state index contributed by atoms with van der Waals surface area (Å²) in [6.07, 6.45) is 2.84. The van der Waals surface area contributed by atoms with E-state index in [4.69, 9.17) is 4.74 Å². The molecule has 118 valence electrons. The summed E-state index contributed by atoms with van der Waals surface area (Å²) < 4.78 is 6.06. The quantitative estimate of drug-likeness (QED) is 0.529. The van der Waals surface area contributed by atoms with Crippen molar-refractivity contribution in [3.8, 4) is 5.75 Å². The van der Waals surface area contributed by atoms with E-state index in [1.54, 1.807) is 0 Å². The van der Waals surface area contributed by atoms with Crippen LogP contribution in [0, 0.1) is 0 Å². The van der Waals surface area contributed by atoms with Gasteiger partial charge in [0.15, 0.2) is 0 Å².